The van der Waals surface area contributed by atoms with Crippen molar-refractivity contribution in [2.24, 2.45) is 0 Å². The summed E-state index contributed by atoms with van der Waals surface area (Å²) in [4.78, 5) is 21.0. The lowest BCUT2D eigenvalue weighted by Crippen LogP contribution is -2.31. The highest BCUT2D eigenvalue weighted by Gasteiger charge is 2.27. The van der Waals surface area contributed by atoms with Crippen molar-refractivity contribution in [3.63, 3.8) is 0 Å². The van der Waals surface area contributed by atoms with E-state index in [2.05, 4.69) is 9.80 Å². The van der Waals surface area contributed by atoms with Crippen molar-refractivity contribution in [3.05, 3.63) is 17.5 Å². The lowest BCUT2D eigenvalue weighted by Gasteiger charge is -2.31. The fourth-order valence-corrected chi connectivity index (χ4v) is 6.70. The molecule has 0 saturated carbocycles. The molecule has 3 aromatic heterocycles. The number of anilines is 2. The van der Waals surface area contributed by atoms with Gasteiger partial charge in [-0.2, -0.15) is 0 Å². The molecule has 0 radical (unpaired) electrons. The number of aromatic nitrogens is 3. The molecule has 3 aliphatic rings. The highest BCUT2D eigenvalue weighted by Crippen LogP contribution is 2.43. The topological polar surface area (TPSA) is 45.2 Å². The molecule has 5 nitrogen and oxygen atoms in total. The molecule has 2 aliphatic heterocycles. The van der Waals surface area contributed by atoms with Gasteiger partial charge in [0.25, 0.3) is 0 Å². The summed E-state index contributed by atoms with van der Waals surface area (Å²) >= 11 is 1.83. The monoisotopic (exact) mass is 407 g/mol. The maximum absolute atomic E-state index is 5.29. The first kappa shape index (κ1) is 17.9. The molecule has 0 amide bonds. The van der Waals surface area contributed by atoms with Crippen molar-refractivity contribution in [1.29, 1.82) is 0 Å². The molecule has 152 valence electrons. The second kappa shape index (κ2) is 7.38. The van der Waals surface area contributed by atoms with Crippen LogP contribution in [0, 0.1) is 0 Å². The molecule has 6 rings (SSSR count). The van der Waals surface area contributed by atoms with E-state index in [0.29, 0.717) is 0 Å². The van der Waals surface area contributed by atoms with E-state index in [0.717, 1.165) is 37.5 Å². The summed E-state index contributed by atoms with van der Waals surface area (Å²) < 4.78 is 1.25. The van der Waals surface area contributed by atoms with Gasteiger partial charge in [-0.25, -0.2) is 15.0 Å². The summed E-state index contributed by atoms with van der Waals surface area (Å²) in [7, 11) is 0. The van der Waals surface area contributed by atoms with Gasteiger partial charge in [0, 0.05) is 31.6 Å². The number of piperidine rings is 2. The molecule has 2 fully saturated rings. The Bertz CT molecular complexity index is 1050. The van der Waals surface area contributed by atoms with Crippen LogP contribution in [-0.2, 0) is 12.8 Å². The summed E-state index contributed by atoms with van der Waals surface area (Å²) in [5.74, 6) is 2.42. The predicted molar refractivity (Wildman–Crippen MR) is 121 cm³/mol. The molecular formula is C23H29N5S. The summed E-state index contributed by atoms with van der Waals surface area (Å²) in [5.41, 5.74) is 4.20. The van der Waals surface area contributed by atoms with Gasteiger partial charge in [0.05, 0.1) is 10.2 Å². The Kier molecular flexibility index (Phi) is 4.55. The van der Waals surface area contributed by atoms with Crippen molar-refractivity contribution in [1.82, 2.24) is 15.0 Å². The summed E-state index contributed by atoms with van der Waals surface area (Å²) in [5, 5.41) is 1.33. The van der Waals surface area contributed by atoms with Crippen molar-refractivity contribution in [2.75, 3.05) is 36.0 Å². The second-order valence-corrected chi connectivity index (χ2v) is 9.85. The Balaban J connectivity index is 1.57. The largest absolute Gasteiger partial charge is 0.356 e. The molecule has 0 spiro atoms. The number of thiophene rings is 1. The van der Waals surface area contributed by atoms with Crippen molar-refractivity contribution in [3.8, 4) is 0 Å². The molecule has 0 bridgehead atoms. The number of pyridine rings is 1. The smallest absolute Gasteiger partial charge is 0.150 e. The Labute approximate surface area is 176 Å². The van der Waals surface area contributed by atoms with Gasteiger partial charge in [-0.3, -0.25) is 0 Å². The van der Waals surface area contributed by atoms with E-state index < -0.39 is 0 Å². The van der Waals surface area contributed by atoms with Gasteiger partial charge in [-0.15, -0.1) is 11.3 Å². The molecule has 0 atom stereocenters. The third kappa shape index (κ3) is 2.98. The van der Waals surface area contributed by atoms with Crippen LogP contribution in [0.2, 0.25) is 0 Å². The van der Waals surface area contributed by atoms with E-state index in [1.54, 1.807) is 6.33 Å². The normalized spacial score (nSPS) is 20.4. The van der Waals surface area contributed by atoms with Gasteiger partial charge < -0.3 is 9.80 Å². The Morgan fingerprint density at radius 2 is 1.34 bits per heavy atom. The van der Waals surface area contributed by atoms with Crippen LogP contribution in [0.1, 0.15) is 62.5 Å². The molecular weight excluding hydrogens is 378 g/mol. The minimum absolute atomic E-state index is 1.12. The van der Waals surface area contributed by atoms with Crippen molar-refractivity contribution in [2.45, 2.75) is 64.2 Å². The van der Waals surface area contributed by atoms with E-state index in [-0.39, 0.29) is 0 Å². The average molecular weight is 408 g/mol. The summed E-state index contributed by atoms with van der Waals surface area (Å²) in [6.07, 6.45) is 14.5. The molecule has 5 heterocycles. The maximum atomic E-state index is 5.29. The van der Waals surface area contributed by atoms with Crippen molar-refractivity contribution >= 4 is 43.4 Å². The standard InChI is InChI=1S/C23H29N5S/c1-5-11-27(12-6-1)21-17-10-4-3-9-16(17)18-19-20(29-23(18)26-21)22(25-15-24-19)28-13-7-2-8-14-28/h15H,1-14H2. The number of rotatable bonds is 2. The predicted octanol–water partition coefficient (Wildman–Crippen LogP) is 5.10. The molecule has 0 aromatic carbocycles. The highest BCUT2D eigenvalue weighted by molar-refractivity contribution is 7.26. The first-order chi connectivity index (χ1) is 14.4. The van der Waals surface area contributed by atoms with Crippen LogP contribution >= 0.6 is 11.3 Å². The molecule has 0 unspecified atom stereocenters. The molecule has 6 heteroatoms. The van der Waals surface area contributed by atoms with Crippen LogP contribution < -0.4 is 9.80 Å². The fraction of sp³-hybridized carbons (Fsp3) is 0.609. The van der Waals surface area contributed by atoms with E-state index in [9.17, 15) is 0 Å². The third-order valence-corrected chi connectivity index (χ3v) is 8.06. The molecule has 29 heavy (non-hydrogen) atoms. The van der Waals surface area contributed by atoms with Crippen molar-refractivity contribution < 1.29 is 0 Å². The van der Waals surface area contributed by atoms with Gasteiger partial charge in [-0.05, 0) is 75.3 Å². The Hall–Kier alpha value is -1.95. The van der Waals surface area contributed by atoms with Crippen LogP contribution in [0.15, 0.2) is 6.33 Å². The zero-order valence-corrected chi connectivity index (χ0v) is 17.9. The Morgan fingerprint density at radius 3 is 2.07 bits per heavy atom. The van der Waals surface area contributed by atoms with Gasteiger partial charge in [0.15, 0.2) is 0 Å². The summed E-state index contributed by atoms with van der Waals surface area (Å²) in [6, 6.07) is 0. The number of fused-ring (bicyclic) bond motifs is 5. The zero-order valence-electron chi connectivity index (χ0n) is 17.1. The minimum atomic E-state index is 1.12. The molecule has 3 aromatic rings. The molecule has 1 aliphatic carbocycles. The van der Waals surface area contributed by atoms with Crippen LogP contribution in [0.5, 0.6) is 0 Å². The van der Waals surface area contributed by atoms with Gasteiger partial charge in [0.1, 0.15) is 22.8 Å². The first-order valence-corrected chi connectivity index (χ1v) is 12.3. The third-order valence-electron chi connectivity index (χ3n) is 6.99. The van der Waals surface area contributed by atoms with E-state index in [1.807, 2.05) is 11.3 Å². The van der Waals surface area contributed by atoms with Crippen LogP contribution in [0.25, 0.3) is 20.4 Å². The summed E-state index contributed by atoms with van der Waals surface area (Å²) in [6.45, 7) is 4.55. The van der Waals surface area contributed by atoms with Gasteiger partial charge in [-0.1, -0.05) is 0 Å². The second-order valence-electron chi connectivity index (χ2n) is 8.85. The van der Waals surface area contributed by atoms with E-state index in [4.69, 9.17) is 15.0 Å². The lowest BCUT2D eigenvalue weighted by atomic mass is 9.89. The highest BCUT2D eigenvalue weighted by atomic mass is 32.1. The molecule has 2 saturated heterocycles. The number of hydrogen-bond acceptors (Lipinski definition) is 6. The SMILES string of the molecule is c1nc(N2CCCCC2)c2sc3nc(N4CCCCC4)c4c(c3c2n1)CCCC4. The minimum Gasteiger partial charge on any atom is -0.356 e. The molecule has 0 N–H and O–H groups in total. The number of aryl methyl sites for hydroxylation is 1. The van der Waals surface area contributed by atoms with Gasteiger partial charge >= 0.3 is 0 Å². The maximum Gasteiger partial charge on any atom is 0.150 e. The lowest BCUT2D eigenvalue weighted by molar-refractivity contribution is 0.569. The quantitative estimate of drug-likeness (QED) is 0.591. The van der Waals surface area contributed by atoms with Gasteiger partial charge in [0.2, 0.25) is 0 Å². The van der Waals surface area contributed by atoms with E-state index >= 15 is 0 Å². The van der Waals surface area contributed by atoms with E-state index in [1.165, 1.54) is 96.1 Å². The number of hydrogen-bond donors (Lipinski definition) is 0. The van der Waals surface area contributed by atoms with Crippen LogP contribution in [-0.4, -0.2) is 41.1 Å². The first-order valence-electron chi connectivity index (χ1n) is 11.5. The zero-order chi connectivity index (χ0) is 19.2. The average Bonchev–Trinajstić information content (AvgIpc) is 3.18. The van der Waals surface area contributed by atoms with Crippen LogP contribution in [0.3, 0.4) is 0 Å². The van der Waals surface area contributed by atoms with Crippen LogP contribution in [0.4, 0.5) is 11.6 Å². The fourth-order valence-electron chi connectivity index (χ4n) is 5.53. The number of nitrogens with zero attached hydrogens (tertiary/aromatic N) is 5. The Morgan fingerprint density at radius 1 is 0.690 bits per heavy atom.